The van der Waals surface area contributed by atoms with Gasteiger partial charge in [-0.3, -0.25) is 4.79 Å². The minimum absolute atomic E-state index is 0.437. The Labute approximate surface area is 122 Å². The molecule has 0 aliphatic carbocycles. The highest BCUT2D eigenvalue weighted by Gasteiger charge is 2.10. The highest BCUT2D eigenvalue weighted by molar-refractivity contribution is 6.30. The summed E-state index contributed by atoms with van der Waals surface area (Å²) in [5.41, 5.74) is 14.1. The molecule has 0 saturated carbocycles. The number of benzene rings is 2. The number of amides is 1. The van der Waals surface area contributed by atoms with Crippen LogP contribution in [0.15, 0.2) is 42.5 Å². The number of rotatable bonds is 4. The zero-order chi connectivity index (χ0) is 14.7. The Morgan fingerprint density at radius 1 is 1.25 bits per heavy atom. The van der Waals surface area contributed by atoms with Crippen molar-refractivity contribution < 1.29 is 4.79 Å². The summed E-state index contributed by atoms with van der Waals surface area (Å²) in [6, 6.07) is 12.6. The van der Waals surface area contributed by atoms with Gasteiger partial charge in [-0.25, -0.2) is 0 Å². The van der Waals surface area contributed by atoms with E-state index in [2.05, 4.69) is 0 Å². The van der Waals surface area contributed by atoms with Gasteiger partial charge >= 0.3 is 0 Å². The first kappa shape index (κ1) is 14.2. The monoisotopic (exact) mass is 289 g/mol. The van der Waals surface area contributed by atoms with E-state index < -0.39 is 5.91 Å². The Bertz CT molecular complexity index is 643. The van der Waals surface area contributed by atoms with Crippen molar-refractivity contribution in [1.29, 1.82) is 0 Å². The highest BCUT2D eigenvalue weighted by atomic mass is 35.5. The largest absolute Gasteiger partial charge is 0.397 e. The van der Waals surface area contributed by atoms with Crippen LogP contribution in [0.3, 0.4) is 0 Å². The molecule has 0 heterocycles. The van der Waals surface area contributed by atoms with E-state index in [0.29, 0.717) is 22.8 Å². The van der Waals surface area contributed by atoms with Gasteiger partial charge in [0.1, 0.15) is 0 Å². The Hall–Kier alpha value is -2.20. The summed E-state index contributed by atoms with van der Waals surface area (Å²) in [4.78, 5) is 13.2. The molecule has 0 aromatic heterocycles. The Morgan fingerprint density at radius 2 is 2.00 bits per heavy atom. The second-order valence-electron chi connectivity index (χ2n) is 4.62. The van der Waals surface area contributed by atoms with Crippen molar-refractivity contribution in [2.24, 2.45) is 5.73 Å². The predicted octanol–water partition coefficient (Wildman–Crippen LogP) is 2.66. The van der Waals surface area contributed by atoms with Gasteiger partial charge in [-0.05, 0) is 35.9 Å². The molecule has 0 atom stereocenters. The van der Waals surface area contributed by atoms with Gasteiger partial charge in [0.2, 0.25) is 5.91 Å². The number of carbonyl (C=O) groups is 1. The van der Waals surface area contributed by atoms with Crippen molar-refractivity contribution in [3.63, 3.8) is 0 Å². The van der Waals surface area contributed by atoms with Crippen LogP contribution in [-0.2, 0) is 6.54 Å². The van der Waals surface area contributed by atoms with E-state index in [1.807, 2.05) is 36.2 Å². The summed E-state index contributed by atoms with van der Waals surface area (Å²) in [6.07, 6.45) is 0. The number of anilines is 2. The van der Waals surface area contributed by atoms with E-state index in [1.165, 1.54) is 0 Å². The molecule has 0 fully saturated rings. The number of nitrogen functional groups attached to an aromatic ring is 1. The fourth-order valence-electron chi connectivity index (χ4n) is 2.02. The summed E-state index contributed by atoms with van der Waals surface area (Å²) in [7, 11) is 1.90. The zero-order valence-corrected chi connectivity index (χ0v) is 11.9. The third-order valence-corrected chi connectivity index (χ3v) is 3.27. The Kier molecular flexibility index (Phi) is 4.15. The molecule has 20 heavy (non-hydrogen) atoms. The lowest BCUT2D eigenvalue weighted by atomic mass is 10.1. The average Bonchev–Trinajstić information content (AvgIpc) is 2.38. The minimum Gasteiger partial charge on any atom is -0.397 e. The van der Waals surface area contributed by atoms with Gasteiger partial charge in [-0.15, -0.1) is 0 Å². The molecule has 5 heteroatoms. The normalized spacial score (nSPS) is 10.3. The van der Waals surface area contributed by atoms with Crippen LogP contribution < -0.4 is 16.4 Å². The first-order valence-electron chi connectivity index (χ1n) is 6.12. The van der Waals surface area contributed by atoms with Crippen molar-refractivity contribution in [1.82, 2.24) is 0 Å². The first-order valence-corrected chi connectivity index (χ1v) is 6.50. The maximum Gasteiger partial charge on any atom is 0.248 e. The van der Waals surface area contributed by atoms with Gasteiger partial charge < -0.3 is 16.4 Å². The maximum absolute atomic E-state index is 11.2. The number of carbonyl (C=O) groups excluding carboxylic acids is 1. The lowest BCUT2D eigenvalue weighted by molar-refractivity contribution is 0.100. The third-order valence-electron chi connectivity index (χ3n) is 3.03. The van der Waals surface area contributed by atoms with E-state index in [1.54, 1.807) is 18.2 Å². The van der Waals surface area contributed by atoms with Crippen molar-refractivity contribution >= 4 is 28.9 Å². The van der Waals surface area contributed by atoms with E-state index in [9.17, 15) is 4.79 Å². The number of nitrogens with zero attached hydrogens (tertiary/aromatic N) is 1. The van der Waals surface area contributed by atoms with Gasteiger partial charge in [-0.1, -0.05) is 23.7 Å². The van der Waals surface area contributed by atoms with E-state index in [4.69, 9.17) is 23.1 Å². The minimum atomic E-state index is -0.470. The molecule has 104 valence electrons. The maximum atomic E-state index is 11.2. The van der Waals surface area contributed by atoms with Crippen molar-refractivity contribution in [3.8, 4) is 0 Å². The number of primary amides is 1. The lowest BCUT2D eigenvalue weighted by Crippen LogP contribution is -2.19. The van der Waals surface area contributed by atoms with Crippen molar-refractivity contribution in [2.75, 3.05) is 17.7 Å². The van der Waals surface area contributed by atoms with E-state index in [0.717, 1.165) is 11.3 Å². The van der Waals surface area contributed by atoms with Crippen LogP contribution in [0.4, 0.5) is 11.4 Å². The van der Waals surface area contributed by atoms with Crippen molar-refractivity contribution in [2.45, 2.75) is 6.54 Å². The molecule has 2 rings (SSSR count). The molecule has 0 aliphatic rings. The predicted molar refractivity (Wildman–Crippen MR) is 82.9 cm³/mol. The van der Waals surface area contributed by atoms with Gasteiger partial charge in [0.25, 0.3) is 0 Å². The molecule has 0 unspecified atom stereocenters. The second-order valence-corrected chi connectivity index (χ2v) is 5.06. The average molecular weight is 290 g/mol. The Balaban J connectivity index is 2.26. The molecular formula is C15H16ClN3O. The zero-order valence-electron chi connectivity index (χ0n) is 11.1. The van der Waals surface area contributed by atoms with Crippen LogP contribution in [0.25, 0.3) is 0 Å². The first-order chi connectivity index (χ1) is 9.47. The van der Waals surface area contributed by atoms with Gasteiger partial charge in [0, 0.05) is 24.2 Å². The van der Waals surface area contributed by atoms with Crippen LogP contribution in [0, 0.1) is 0 Å². The third kappa shape index (κ3) is 3.22. The fraction of sp³-hybridized carbons (Fsp3) is 0.133. The number of hydrogen-bond donors (Lipinski definition) is 2. The van der Waals surface area contributed by atoms with Crippen LogP contribution in [-0.4, -0.2) is 13.0 Å². The molecule has 4 nitrogen and oxygen atoms in total. The quantitative estimate of drug-likeness (QED) is 0.850. The number of nitrogens with two attached hydrogens (primary N) is 2. The van der Waals surface area contributed by atoms with Crippen LogP contribution >= 0.6 is 11.6 Å². The SMILES string of the molecule is CN(Cc1cccc(Cl)c1)c1cc(C(N)=O)ccc1N. The van der Waals surface area contributed by atoms with Crippen LogP contribution in [0.5, 0.6) is 0 Å². The molecule has 0 radical (unpaired) electrons. The van der Waals surface area contributed by atoms with Crippen LogP contribution in [0.1, 0.15) is 15.9 Å². The van der Waals surface area contributed by atoms with Crippen molar-refractivity contribution in [3.05, 3.63) is 58.6 Å². The molecule has 0 aliphatic heterocycles. The topological polar surface area (TPSA) is 72.3 Å². The Morgan fingerprint density at radius 3 is 2.65 bits per heavy atom. The number of hydrogen-bond acceptors (Lipinski definition) is 3. The standard InChI is InChI=1S/C15H16ClN3O/c1-19(9-10-3-2-4-12(16)7-10)14-8-11(15(18)20)5-6-13(14)17/h2-8H,9,17H2,1H3,(H2,18,20). The summed E-state index contributed by atoms with van der Waals surface area (Å²) in [5.74, 6) is -0.470. The molecule has 1 amide bonds. The molecule has 0 spiro atoms. The fourth-order valence-corrected chi connectivity index (χ4v) is 2.23. The highest BCUT2D eigenvalue weighted by Crippen LogP contribution is 2.25. The van der Waals surface area contributed by atoms with Gasteiger partial charge in [-0.2, -0.15) is 0 Å². The van der Waals surface area contributed by atoms with Gasteiger partial charge in [0.05, 0.1) is 11.4 Å². The molecule has 4 N–H and O–H groups in total. The van der Waals surface area contributed by atoms with Gasteiger partial charge in [0.15, 0.2) is 0 Å². The molecule has 2 aromatic carbocycles. The summed E-state index contributed by atoms with van der Waals surface area (Å²) in [5, 5.41) is 0.690. The van der Waals surface area contributed by atoms with E-state index in [-0.39, 0.29) is 0 Å². The smallest absolute Gasteiger partial charge is 0.248 e. The molecule has 2 aromatic rings. The van der Waals surface area contributed by atoms with E-state index >= 15 is 0 Å². The molecule has 0 saturated heterocycles. The summed E-state index contributed by atoms with van der Waals surface area (Å²) < 4.78 is 0. The molecular weight excluding hydrogens is 274 g/mol. The second kappa shape index (κ2) is 5.84. The van der Waals surface area contributed by atoms with Crippen LogP contribution in [0.2, 0.25) is 5.02 Å². The molecule has 0 bridgehead atoms. The lowest BCUT2D eigenvalue weighted by Gasteiger charge is -2.22. The number of halogens is 1. The summed E-state index contributed by atoms with van der Waals surface area (Å²) in [6.45, 7) is 0.632. The summed E-state index contributed by atoms with van der Waals surface area (Å²) >= 11 is 5.97.